The number of carbonyl (C=O) groups is 1. The number of benzene rings is 1. The first-order chi connectivity index (χ1) is 7.58. The second kappa shape index (κ2) is 5.80. The van der Waals surface area contributed by atoms with Gasteiger partial charge in [-0.1, -0.05) is 0 Å². The zero-order valence-corrected chi connectivity index (χ0v) is 9.48. The monoisotopic (exact) mass is 248 g/mol. The van der Waals surface area contributed by atoms with Crippen LogP contribution in [-0.2, 0) is 21.8 Å². The molecule has 0 N–H and O–H groups in total. The molecule has 0 saturated carbocycles. The Bertz CT molecular complexity index is 371. The van der Waals surface area contributed by atoms with Gasteiger partial charge in [0.2, 0.25) is 0 Å². The summed E-state index contributed by atoms with van der Waals surface area (Å²) in [5.74, 6) is -2.18. The third-order valence-corrected chi connectivity index (χ3v) is 2.29. The summed E-state index contributed by atoms with van der Waals surface area (Å²) in [6.07, 6.45) is -0.409. The van der Waals surface area contributed by atoms with Crippen molar-refractivity contribution in [1.82, 2.24) is 0 Å². The summed E-state index contributed by atoms with van der Waals surface area (Å²) in [5, 5.41) is 0. The van der Waals surface area contributed by atoms with E-state index in [1.807, 2.05) is 0 Å². The average Bonchev–Trinajstić information content (AvgIpc) is 2.23. The normalized spacial score (nSPS) is 10.2. The molecular formula is C11H11ClF2O2. The van der Waals surface area contributed by atoms with E-state index in [-0.39, 0.29) is 18.1 Å². The number of alkyl halides is 1. The molecule has 0 saturated heterocycles. The molecule has 0 aromatic heterocycles. The van der Waals surface area contributed by atoms with E-state index in [0.29, 0.717) is 5.56 Å². The number of halogens is 3. The summed E-state index contributed by atoms with van der Waals surface area (Å²) in [6.45, 7) is 1.81. The van der Waals surface area contributed by atoms with Gasteiger partial charge in [-0.2, -0.15) is 0 Å². The molecule has 1 aromatic carbocycles. The van der Waals surface area contributed by atoms with Crippen molar-refractivity contribution in [3.8, 4) is 0 Å². The summed E-state index contributed by atoms with van der Waals surface area (Å²) < 4.78 is 31.4. The van der Waals surface area contributed by atoms with Gasteiger partial charge in [0.1, 0.15) is 11.6 Å². The Morgan fingerprint density at radius 2 is 1.94 bits per heavy atom. The van der Waals surface area contributed by atoms with Gasteiger partial charge in [0.15, 0.2) is 0 Å². The van der Waals surface area contributed by atoms with Crippen molar-refractivity contribution in [2.45, 2.75) is 19.2 Å². The molecule has 0 amide bonds. The third kappa shape index (κ3) is 3.17. The van der Waals surface area contributed by atoms with Gasteiger partial charge in [0.05, 0.1) is 13.0 Å². The molecule has 2 nitrogen and oxygen atoms in total. The largest absolute Gasteiger partial charge is 0.466 e. The van der Waals surface area contributed by atoms with E-state index in [4.69, 9.17) is 11.6 Å². The van der Waals surface area contributed by atoms with E-state index in [1.54, 1.807) is 6.92 Å². The van der Waals surface area contributed by atoms with Crippen molar-refractivity contribution in [2.75, 3.05) is 6.61 Å². The molecule has 0 radical (unpaired) electrons. The minimum absolute atomic E-state index is 0.0214. The second-order valence-electron chi connectivity index (χ2n) is 3.15. The van der Waals surface area contributed by atoms with Crippen LogP contribution < -0.4 is 0 Å². The Kier molecular flexibility index (Phi) is 4.68. The first-order valence-corrected chi connectivity index (χ1v) is 5.30. The summed E-state index contributed by atoms with van der Waals surface area (Å²) >= 11 is 5.45. The number of hydrogen-bond donors (Lipinski definition) is 0. The summed E-state index contributed by atoms with van der Waals surface area (Å²) in [7, 11) is 0. The van der Waals surface area contributed by atoms with E-state index in [9.17, 15) is 13.6 Å². The molecule has 0 atom stereocenters. The molecule has 16 heavy (non-hydrogen) atoms. The molecule has 1 aromatic rings. The van der Waals surface area contributed by atoms with Crippen LogP contribution in [0.5, 0.6) is 0 Å². The van der Waals surface area contributed by atoms with E-state index in [1.165, 1.54) is 0 Å². The Balaban J connectivity index is 2.92. The number of esters is 1. The minimum Gasteiger partial charge on any atom is -0.466 e. The van der Waals surface area contributed by atoms with E-state index in [2.05, 4.69) is 4.74 Å². The van der Waals surface area contributed by atoms with Crippen LogP contribution in [0.4, 0.5) is 8.78 Å². The van der Waals surface area contributed by atoms with Gasteiger partial charge in [0.25, 0.3) is 0 Å². The maximum atomic E-state index is 13.4. The number of carbonyl (C=O) groups excluding carboxylic acids is 1. The highest BCUT2D eigenvalue weighted by Crippen LogP contribution is 2.17. The first kappa shape index (κ1) is 12.9. The number of hydrogen-bond acceptors (Lipinski definition) is 2. The number of rotatable bonds is 4. The SMILES string of the molecule is CCOC(=O)Cc1c(F)cc(CCl)cc1F. The molecule has 0 aliphatic carbocycles. The van der Waals surface area contributed by atoms with Crippen molar-refractivity contribution in [1.29, 1.82) is 0 Å². The molecule has 0 unspecified atom stereocenters. The predicted molar refractivity (Wildman–Crippen MR) is 56.3 cm³/mol. The highest BCUT2D eigenvalue weighted by Gasteiger charge is 2.15. The summed E-state index contributed by atoms with van der Waals surface area (Å²) in [4.78, 5) is 11.1. The fourth-order valence-corrected chi connectivity index (χ4v) is 1.41. The van der Waals surface area contributed by atoms with Crippen LogP contribution in [0.15, 0.2) is 12.1 Å². The lowest BCUT2D eigenvalue weighted by atomic mass is 10.1. The van der Waals surface area contributed by atoms with Crippen LogP contribution in [0.2, 0.25) is 0 Å². The maximum absolute atomic E-state index is 13.4. The minimum atomic E-state index is -0.774. The van der Waals surface area contributed by atoms with Crippen molar-refractivity contribution < 1.29 is 18.3 Å². The lowest BCUT2D eigenvalue weighted by molar-refractivity contribution is -0.142. The highest BCUT2D eigenvalue weighted by atomic mass is 35.5. The van der Waals surface area contributed by atoms with Crippen molar-refractivity contribution in [2.24, 2.45) is 0 Å². The van der Waals surface area contributed by atoms with Crippen molar-refractivity contribution in [3.63, 3.8) is 0 Å². The Labute approximate surface area is 97.2 Å². The van der Waals surface area contributed by atoms with Crippen molar-refractivity contribution in [3.05, 3.63) is 34.9 Å². The van der Waals surface area contributed by atoms with E-state index >= 15 is 0 Å². The van der Waals surface area contributed by atoms with Gasteiger partial charge in [-0.05, 0) is 24.6 Å². The maximum Gasteiger partial charge on any atom is 0.310 e. The molecule has 5 heteroatoms. The van der Waals surface area contributed by atoms with Crippen LogP contribution in [0.3, 0.4) is 0 Å². The van der Waals surface area contributed by atoms with Gasteiger partial charge in [-0.15, -0.1) is 11.6 Å². The smallest absolute Gasteiger partial charge is 0.310 e. The zero-order valence-electron chi connectivity index (χ0n) is 8.73. The van der Waals surface area contributed by atoms with Gasteiger partial charge >= 0.3 is 5.97 Å². The van der Waals surface area contributed by atoms with Crippen LogP contribution in [0, 0.1) is 11.6 Å². The predicted octanol–water partition coefficient (Wildman–Crippen LogP) is 2.81. The Hall–Kier alpha value is -1.16. The first-order valence-electron chi connectivity index (χ1n) is 4.76. The third-order valence-electron chi connectivity index (χ3n) is 1.98. The van der Waals surface area contributed by atoms with Gasteiger partial charge in [0, 0.05) is 11.4 Å². The molecule has 0 fully saturated rings. The fourth-order valence-electron chi connectivity index (χ4n) is 1.26. The molecule has 0 heterocycles. The van der Waals surface area contributed by atoms with Gasteiger partial charge in [-0.25, -0.2) is 8.78 Å². The molecule has 0 aliphatic heterocycles. The van der Waals surface area contributed by atoms with Crippen LogP contribution in [-0.4, -0.2) is 12.6 Å². The van der Waals surface area contributed by atoms with Crippen molar-refractivity contribution >= 4 is 17.6 Å². The van der Waals surface area contributed by atoms with E-state index < -0.39 is 24.0 Å². The standard InChI is InChI=1S/C11H11ClF2O2/c1-2-16-11(15)5-8-9(13)3-7(6-12)4-10(8)14/h3-4H,2,5-6H2,1H3. The van der Waals surface area contributed by atoms with Gasteiger partial charge < -0.3 is 4.74 Å². The Morgan fingerprint density at radius 3 is 2.38 bits per heavy atom. The highest BCUT2D eigenvalue weighted by molar-refractivity contribution is 6.17. The number of ether oxygens (including phenoxy) is 1. The summed E-state index contributed by atoms with van der Waals surface area (Å²) in [6, 6.07) is 2.23. The average molecular weight is 249 g/mol. The molecule has 0 spiro atoms. The lowest BCUT2D eigenvalue weighted by Gasteiger charge is -2.06. The molecular weight excluding hydrogens is 238 g/mol. The topological polar surface area (TPSA) is 26.3 Å². The second-order valence-corrected chi connectivity index (χ2v) is 3.42. The molecule has 88 valence electrons. The lowest BCUT2D eigenvalue weighted by Crippen LogP contribution is -2.10. The quantitative estimate of drug-likeness (QED) is 0.605. The molecule has 0 bridgehead atoms. The zero-order chi connectivity index (χ0) is 12.1. The molecule has 1 rings (SSSR count). The summed E-state index contributed by atoms with van der Waals surface area (Å²) in [5.41, 5.74) is 0.0524. The molecule has 0 aliphatic rings. The fraction of sp³-hybridized carbons (Fsp3) is 0.364. The van der Waals surface area contributed by atoms with E-state index in [0.717, 1.165) is 12.1 Å². The van der Waals surface area contributed by atoms with Crippen LogP contribution in [0.25, 0.3) is 0 Å². The van der Waals surface area contributed by atoms with Crippen LogP contribution >= 0.6 is 11.6 Å². The van der Waals surface area contributed by atoms with Gasteiger partial charge in [-0.3, -0.25) is 4.79 Å². The van der Waals surface area contributed by atoms with Crippen LogP contribution in [0.1, 0.15) is 18.1 Å². The Morgan fingerprint density at radius 1 is 1.38 bits per heavy atom.